The predicted octanol–water partition coefficient (Wildman–Crippen LogP) is 3.12. The average molecular weight is 394 g/mol. The molecule has 29 heavy (non-hydrogen) atoms. The zero-order valence-corrected chi connectivity index (χ0v) is 16.3. The van der Waals surface area contributed by atoms with Crippen LogP contribution in [0.1, 0.15) is 30.4 Å². The Labute approximate surface area is 170 Å². The molecule has 1 aliphatic rings. The van der Waals surface area contributed by atoms with E-state index in [1.165, 1.54) is 0 Å². The van der Waals surface area contributed by atoms with E-state index in [9.17, 15) is 14.4 Å². The van der Waals surface area contributed by atoms with Crippen LogP contribution in [-0.2, 0) is 27.2 Å². The first-order valence-electron chi connectivity index (χ1n) is 9.94. The van der Waals surface area contributed by atoms with Crippen molar-refractivity contribution in [3.63, 3.8) is 0 Å². The lowest BCUT2D eigenvalue weighted by molar-refractivity contribution is -0.136. The van der Waals surface area contributed by atoms with Crippen LogP contribution < -0.4 is 5.32 Å². The summed E-state index contributed by atoms with van der Waals surface area (Å²) in [7, 11) is 0. The lowest BCUT2D eigenvalue weighted by Crippen LogP contribution is -2.41. The fourth-order valence-corrected chi connectivity index (χ4v) is 3.62. The van der Waals surface area contributed by atoms with E-state index in [0.717, 1.165) is 12.0 Å². The number of carbonyl (C=O) groups excluding carboxylic acids is 2. The van der Waals surface area contributed by atoms with Crippen LogP contribution in [-0.4, -0.2) is 40.9 Å². The second-order valence-corrected chi connectivity index (χ2v) is 7.40. The zero-order valence-electron chi connectivity index (χ0n) is 16.3. The fourth-order valence-electron chi connectivity index (χ4n) is 3.62. The van der Waals surface area contributed by atoms with Gasteiger partial charge in [-0.2, -0.15) is 0 Å². The van der Waals surface area contributed by atoms with Gasteiger partial charge in [-0.1, -0.05) is 42.5 Å². The van der Waals surface area contributed by atoms with Gasteiger partial charge in [0.05, 0.1) is 6.42 Å². The molecule has 1 aliphatic heterocycles. The van der Waals surface area contributed by atoms with E-state index in [-0.39, 0.29) is 24.2 Å². The van der Waals surface area contributed by atoms with Crippen molar-refractivity contribution in [2.24, 2.45) is 5.92 Å². The van der Waals surface area contributed by atoms with E-state index < -0.39 is 5.97 Å². The third-order valence-corrected chi connectivity index (χ3v) is 5.24. The van der Waals surface area contributed by atoms with E-state index in [0.29, 0.717) is 43.6 Å². The number of hydrogen-bond donors (Lipinski definition) is 2. The fraction of sp³-hybridized carbons (Fsp3) is 0.348. The molecule has 0 saturated carbocycles. The smallest absolute Gasteiger partial charge is 0.307 e. The summed E-state index contributed by atoms with van der Waals surface area (Å²) in [6, 6.07) is 16.9. The standard InChI is InChI=1S/C23H26N2O4/c26-21(10-9-17-5-2-1-3-6-17)25-13-11-19(12-14-25)23(29)24-20-8-4-7-18(15-20)16-22(27)28/h1-8,15,19H,9-14,16H2,(H,24,29)(H,27,28). The van der Waals surface area contributed by atoms with Crippen LogP contribution in [0.3, 0.4) is 0 Å². The number of benzene rings is 2. The second-order valence-electron chi connectivity index (χ2n) is 7.40. The van der Waals surface area contributed by atoms with Gasteiger partial charge in [-0.15, -0.1) is 0 Å². The molecule has 152 valence electrons. The molecule has 6 nitrogen and oxygen atoms in total. The normalized spacial score (nSPS) is 14.4. The second kappa shape index (κ2) is 9.87. The minimum atomic E-state index is -0.905. The number of aliphatic carboxylic acids is 1. The van der Waals surface area contributed by atoms with Crippen molar-refractivity contribution in [2.75, 3.05) is 18.4 Å². The Hall–Kier alpha value is -3.15. The number of nitrogens with zero attached hydrogens (tertiary/aromatic N) is 1. The highest BCUT2D eigenvalue weighted by molar-refractivity contribution is 5.93. The molecule has 0 bridgehead atoms. The minimum Gasteiger partial charge on any atom is -0.481 e. The number of anilines is 1. The molecule has 1 saturated heterocycles. The first-order valence-corrected chi connectivity index (χ1v) is 9.94. The van der Waals surface area contributed by atoms with Crippen molar-refractivity contribution in [3.05, 3.63) is 65.7 Å². The van der Waals surface area contributed by atoms with Crippen LogP contribution in [0.25, 0.3) is 0 Å². The Morgan fingerprint density at radius 2 is 1.66 bits per heavy atom. The Morgan fingerprint density at radius 1 is 0.966 bits per heavy atom. The number of carbonyl (C=O) groups is 3. The lowest BCUT2D eigenvalue weighted by Gasteiger charge is -2.31. The number of likely N-dealkylation sites (tertiary alicyclic amines) is 1. The van der Waals surface area contributed by atoms with Crippen molar-refractivity contribution >= 4 is 23.5 Å². The Balaban J connectivity index is 1.45. The summed E-state index contributed by atoms with van der Waals surface area (Å²) in [5.41, 5.74) is 2.41. The van der Waals surface area contributed by atoms with Crippen molar-refractivity contribution in [2.45, 2.75) is 32.1 Å². The summed E-state index contributed by atoms with van der Waals surface area (Å²) < 4.78 is 0. The SMILES string of the molecule is O=C(O)Cc1cccc(NC(=O)C2CCN(C(=O)CCc3ccccc3)CC2)c1. The van der Waals surface area contributed by atoms with Gasteiger partial charge in [-0.05, 0) is 42.5 Å². The van der Waals surface area contributed by atoms with Crippen LogP contribution in [0.2, 0.25) is 0 Å². The summed E-state index contributed by atoms with van der Waals surface area (Å²) in [6.45, 7) is 1.18. The number of aryl methyl sites for hydroxylation is 1. The van der Waals surface area contributed by atoms with Gasteiger partial charge >= 0.3 is 5.97 Å². The molecule has 2 N–H and O–H groups in total. The van der Waals surface area contributed by atoms with Crippen molar-refractivity contribution in [3.8, 4) is 0 Å². The van der Waals surface area contributed by atoms with E-state index in [2.05, 4.69) is 5.32 Å². The van der Waals surface area contributed by atoms with Crippen LogP contribution in [0.15, 0.2) is 54.6 Å². The van der Waals surface area contributed by atoms with E-state index in [1.807, 2.05) is 35.2 Å². The molecule has 0 unspecified atom stereocenters. The summed E-state index contributed by atoms with van der Waals surface area (Å²) in [6.07, 6.45) is 2.41. The first-order chi connectivity index (χ1) is 14.0. The number of carboxylic acid groups (broad SMARTS) is 1. The molecule has 0 radical (unpaired) electrons. The van der Waals surface area contributed by atoms with E-state index >= 15 is 0 Å². The number of hydrogen-bond acceptors (Lipinski definition) is 3. The highest BCUT2D eigenvalue weighted by atomic mass is 16.4. The molecule has 6 heteroatoms. The maximum atomic E-state index is 12.6. The Kier molecular flexibility index (Phi) is 7.00. The summed E-state index contributed by atoms with van der Waals surface area (Å²) in [4.78, 5) is 37.7. The maximum absolute atomic E-state index is 12.6. The zero-order chi connectivity index (χ0) is 20.6. The Morgan fingerprint density at radius 3 is 2.34 bits per heavy atom. The van der Waals surface area contributed by atoms with E-state index in [4.69, 9.17) is 5.11 Å². The molecule has 3 rings (SSSR count). The van der Waals surface area contributed by atoms with Crippen LogP contribution in [0, 0.1) is 5.92 Å². The van der Waals surface area contributed by atoms with E-state index in [1.54, 1.807) is 24.3 Å². The highest BCUT2D eigenvalue weighted by Gasteiger charge is 2.27. The van der Waals surface area contributed by atoms with Gasteiger partial charge in [0.1, 0.15) is 0 Å². The molecular weight excluding hydrogens is 368 g/mol. The number of carboxylic acids is 1. The monoisotopic (exact) mass is 394 g/mol. The number of amides is 2. The topological polar surface area (TPSA) is 86.7 Å². The molecule has 1 heterocycles. The highest BCUT2D eigenvalue weighted by Crippen LogP contribution is 2.21. The summed E-state index contributed by atoms with van der Waals surface area (Å²) in [5.74, 6) is -0.989. The Bertz CT molecular complexity index is 858. The third kappa shape index (κ3) is 6.17. The first kappa shape index (κ1) is 20.6. The van der Waals surface area contributed by atoms with Gasteiger partial charge < -0.3 is 15.3 Å². The molecule has 2 aromatic rings. The quantitative estimate of drug-likeness (QED) is 0.755. The van der Waals surface area contributed by atoms with Gasteiger partial charge in [-0.25, -0.2) is 0 Å². The van der Waals surface area contributed by atoms with Crippen molar-refractivity contribution < 1.29 is 19.5 Å². The number of piperidine rings is 1. The van der Waals surface area contributed by atoms with Gasteiger partial charge in [0.2, 0.25) is 11.8 Å². The molecule has 0 atom stereocenters. The van der Waals surface area contributed by atoms with Crippen LogP contribution in [0.5, 0.6) is 0 Å². The largest absolute Gasteiger partial charge is 0.481 e. The minimum absolute atomic E-state index is 0.0751. The van der Waals surface area contributed by atoms with Crippen molar-refractivity contribution in [1.29, 1.82) is 0 Å². The summed E-state index contributed by atoms with van der Waals surface area (Å²) >= 11 is 0. The van der Waals surface area contributed by atoms with Gasteiger partial charge in [0.15, 0.2) is 0 Å². The lowest BCUT2D eigenvalue weighted by atomic mass is 9.95. The molecule has 0 spiro atoms. The maximum Gasteiger partial charge on any atom is 0.307 e. The van der Waals surface area contributed by atoms with Gasteiger partial charge in [-0.3, -0.25) is 14.4 Å². The van der Waals surface area contributed by atoms with Crippen LogP contribution >= 0.6 is 0 Å². The molecule has 1 fully saturated rings. The molecule has 0 aromatic heterocycles. The van der Waals surface area contributed by atoms with Gasteiger partial charge in [0, 0.05) is 31.1 Å². The molecular formula is C23H26N2O4. The van der Waals surface area contributed by atoms with Crippen molar-refractivity contribution in [1.82, 2.24) is 4.90 Å². The van der Waals surface area contributed by atoms with Gasteiger partial charge in [0.25, 0.3) is 0 Å². The molecule has 2 amide bonds. The molecule has 0 aliphatic carbocycles. The average Bonchev–Trinajstić information content (AvgIpc) is 2.72. The number of nitrogens with one attached hydrogen (secondary N) is 1. The van der Waals surface area contributed by atoms with Crippen LogP contribution in [0.4, 0.5) is 5.69 Å². The summed E-state index contributed by atoms with van der Waals surface area (Å²) in [5, 5.41) is 11.8. The molecule has 2 aromatic carbocycles. The number of rotatable bonds is 7. The predicted molar refractivity (Wildman–Crippen MR) is 110 cm³/mol. The third-order valence-electron chi connectivity index (χ3n) is 5.24.